The van der Waals surface area contributed by atoms with Crippen LogP contribution in [0.1, 0.15) is 34.3 Å². The minimum absolute atomic E-state index is 0.104. The van der Waals surface area contributed by atoms with Crippen LogP contribution in [0.25, 0.3) is 0 Å². The summed E-state index contributed by atoms with van der Waals surface area (Å²) in [4.78, 5) is 21.1. The average molecular weight is 389 g/mol. The maximum absolute atomic E-state index is 13.0. The first-order valence-corrected chi connectivity index (χ1v) is 9.51. The Bertz CT molecular complexity index is 840. The Hall–Kier alpha value is -2.41. The standard InChI is InChI=1S/C21H22F3N3O/c22-21(23,24)18-7-1-5-16(10-18)20(28)27-13-17-6-3-9-26(19(17)14-27)12-15-4-2-8-25-11-15/h1-2,4-5,7-8,10-11,17,19H,3,6,9,12-14H2/t17-,19+/m1/s1. The maximum atomic E-state index is 13.0. The molecular weight excluding hydrogens is 367 g/mol. The summed E-state index contributed by atoms with van der Waals surface area (Å²) in [5, 5.41) is 0. The van der Waals surface area contributed by atoms with Crippen LogP contribution >= 0.6 is 0 Å². The number of piperidine rings is 1. The number of fused-ring (bicyclic) bond motifs is 1. The van der Waals surface area contributed by atoms with Crippen LogP contribution in [0.2, 0.25) is 0 Å². The highest BCUT2D eigenvalue weighted by Crippen LogP contribution is 2.33. The van der Waals surface area contributed by atoms with E-state index in [-0.39, 0.29) is 17.5 Å². The molecule has 4 rings (SSSR count). The molecule has 7 heteroatoms. The number of carbonyl (C=O) groups excluding carboxylic acids is 1. The number of halogens is 3. The Morgan fingerprint density at radius 3 is 2.79 bits per heavy atom. The molecule has 0 saturated carbocycles. The van der Waals surface area contributed by atoms with E-state index >= 15 is 0 Å². The smallest absolute Gasteiger partial charge is 0.337 e. The van der Waals surface area contributed by atoms with Gasteiger partial charge >= 0.3 is 6.18 Å². The first-order valence-electron chi connectivity index (χ1n) is 9.51. The van der Waals surface area contributed by atoms with Crippen molar-refractivity contribution in [2.75, 3.05) is 19.6 Å². The molecule has 148 valence electrons. The van der Waals surface area contributed by atoms with Gasteiger partial charge in [0.05, 0.1) is 5.56 Å². The molecule has 2 aliphatic rings. The third kappa shape index (κ3) is 3.90. The molecule has 0 aliphatic carbocycles. The average Bonchev–Trinajstić information content (AvgIpc) is 3.13. The van der Waals surface area contributed by atoms with Crippen LogP contribution in [0.4, 0.5) is 13.2 Å². The van der Waals surface area contributed by atoms with Gasteiger partial charge in [-0.05, 0) is 55.1 Å². The Kier molecular flexibility index (Phi) is 5.10. The molecule has 2 aliphatic heterocycles. The third-order valence-corrected chi connectivity index (χ3v) is 5.73. The van der Waals surface area contributed by atoms with Crippen molar-refractivity contribution in [2.24, 2.45) is 5.92 Å². The zero-order valence-corrected chi connectivity index (χ0v) is 15.4. The molecule has 0 bridgehead atoms. The molecule has 3 heterocycles. The van der Waals surface area contributed by atoms with Gasteiger partial charge in [-0.15, -0.1) is 0 Å². The number of alkyl halides is 3. The summed E-state index contributed by atoms with van der Waals surface area (Å²) in [6.45, 7) is 2.89. The molecule has 1 aromatic heterocycles. The number of aromatic nitrogens is 1. The van der Waals surface area contributed by atoms with Gasteiger partial charge in [-0.25, -0.2) is 0 Å². The molecule has 4 nitrogen and oxygen atoms in total. The summed E-state index contributed by atoms with van der Waals surface area (Å²) in [5.74, 6) is 0.0435. The molecule has 2 saturated heterocycles. The van der Waals surface area contributed by atoms with Crippen LogP contribution in [0.15, 0.2) is 48.8 Å². The number of amides is 1. The molecule has 1 amide bonds. The van der Waals surface area contributed by atoms with Crippen LogP contribution in [0.3, 0.4) is 0 Å². The SMILES string of the molecule is O=C(c1cccc(C(F)(F)F)c1)N1C[C@H]2CCCN(Cc3cccnc3)[C@H]2C1. The Balaban J connectivity index is 1.48. The molecule has 0 radical (unpaired) electrons. The molecule has 2 atom stereocenters. The molecule has 2 aromatic rings. The first kappa shape index (κ1) is 18.9. The predicted octanol–water partition coefficient (Wildman–Crippen LogP) is 3.84. The Labute approximate surface area is 162 Å². The molecule has 28 heavy (non-hydrogen) atoms. The Morgan fingerprint density at radius 1 is 1.18 bits per heavy atom. The Morgan fingerprint density at radius 2 is 2.04 bits per heavy atom. The van der Waals surface area contributed by atoms with Crippen LogP contribution in [0.5, 0.6) is 0 Å². The maximum Gasteiger partial charge on any atom is 0.416 e. The summed E-state index contributed by atoms with van der Waals surface area (Å²) in [5.41, 5.74) is 0.450. The van der Waals surface area contributed by atoms with Gasteiger partial charge in [-0.1, -0.05) is 12.1 Å². The van der Waals surface area contributed by atoms with Gasteiger partial charge in [0.2, 0.25) is 0 Å². The molecule has 1 aromatic carbocycles. The van der Waals surface area contributed by atoms with E-state index in [0.29, 0.717) is 19.0 Å². The van der Waals surface area contributed by atoms with Crippen molar-refractivity contribution >= 4 is 5.91 Å². The van der Waals surface area contributed by atoms with Gasteiger partial charge in [-0.2, -0.15) is 13.2 Å². The number of benzene rings is 1. The van der Waals surface area contributed by atoms with Gasteiger partial charge in [0.15, 0.2) is 0 Å². The number of hydrogen-bond acceptors (Lipinski definition) is 3. The second kappa shape index (κ2) is 7.54. The number of pyridine rings is 1. The lowest BCUT2D eigenvalue weighted by Crippen LogP contribution is -2.44. The molecule has 0 N–H and O–H groups in total. The fourth-order valence-electron chi connectivity index (χ4n) is 4.37. The van der Waals surface area contributed by atoms with Crippen molar-refractivity contribution in [3.8, 4) is 0 Å². The number of rotatable bonds is 3. The molecule has 0 unspecified atom stereocenters. The topological polar surface area (TPSA) is 36.4 Å². The highest BCUT2D eigenvalue weighted by molar-refractivity contribution is 5.94. The van der Waals surface area contributed by atoms with Crippen molar-refractivity contribution < 1.29 is 18.0 Å². The summed E-state index contributed by atoms with van der Waals surface area (Å²) >= 11 is 0. The van der Waals surface area contributed by atoms with Crippen molar-refractivity contribution in [1.29, 1.82) is 0 Å². The lowest BCUT2D eigenvalue weighted by Gasteiger charge is -2.36. The molecule has 2 fully saturated rings. The van der Waals surface area contributed by atoms with E-state index in [1.807, 2.05) is 18.3 Å². The second-order valence-corrected chi connectivity index (χ2v) is 7.59. The highest BCUT2D eigenvalue weighted by Gasteiger charge is 2.41. The normalized spacial score (nSPS) is 22.9. The van der Waals surface area contributed by atoms with E-state index in [4.69, 9.17) is 0 Å². The zero-order valence-electron chi connectivity index (χ0n) is 15.4. The fraction of sp³-hybridized carbons (Fsp3) is 0.429. The molecular formula is C21H22F3N3O. The number of nitrogens with zero attached hydrogens (tertiary/aromatic N) is 3. The van der Waals surface area contributed by atoms with Crippen LogP contribution in [0, 0.1) is 5.92 Å². The monoisotopic (exact) mass is 389 g/mol. The summed E-state index contributed by atoms with van der Waals surface area (Å²) in [7, 11) is 0. The minimum Gasteiger partial charge on any atom is -0.337 e. The third-order valence-electron chi connectivity index (χ3n) is 5.73. The number of carbonyl (C=O) groups is 1. The van der Waals surface area contributed by atoms with Gasteiger partial charge in [0, 0.05) is 43.6 Å². The van der Waals surface area contributed by atoms with E-state index in [0.717, 1.165) is 43.6 Å². The van der Waals surface area contributed by atoms with E-state index < -0.39 is 11.7 Å². The van der Waals surface area contributed by atoms with E-state index in [1.54, 1.807) is 11.1 Å². The lowest BCUT2D eigenvalue weighted by molar-refractivity contribution is -0.137. The van der Waals surface area contributed by atoms with E-state index in [1.165, 1.54) is 12.1 Å². The van der Waals surface area contributed by atoms with Crippen LogP contribution in [-0.2, 0) is 12.7 Å². The zero-order chi connectivity index (χ0) is 19.7. The van der Waals surface area contributed by atoms with Gasteiger partial charge < -0.3 is 4.90 Å². The minimum atomic E-state index is -4.45. The van der Waals surface area contributed by atoms with Crippen molar-refractivity contribution in [3.05, 3.63) is 65.5 Å². The predicted molar refractivity (Wildman–Crippen MR) is 98.5 cm³/mol. The number of hydrogen-bond donors (Lipinski definition) is 0. The van der Waals surface area contributed by atoms with Crippen LogP contribution in [-0.4, -0.2) is 46.4 Å². The summed E-state index contributed by atoms with van der Waals surface area (Å²) < 4.78 is 38.9. The van der Waals surface area contributed by atoms with Gasteiger partial charge in [-0.3, -0.25) is 14.7 Å². The van der Waals surface area contributed by atoms with E-state index in [9.17, 15) is 18.0 Å². The summed E-state index contributed by atoms with van der Waals surface area (Å²) in [6.07, 6.45) is 1.25. The largest absolute Gasteiger partial charge is 0.416 e. The second-order valence-electron chi connectivity index (χ2n) is 7.59. The van der Waals surface area contributed by atoms with Crippen molar-refractivity contribution in [1.82, 2.24) is 14.8 Å². The summed E-state index contributed by atoms with van der Waals surface area (Å²) in [6, 6.07) is 8.91. The lowest BCUT2D eigenvalue weighted by atomic mass is 9.92. The van der Waals surface area contributed by atoms with Crippen molar-refractivity contribution in [3.63, 3.8) is 0 Å². The van der Waals surface area contributed by atoms with Gasteiger partial charge in [0.25, 0.3) is 5.91 Å². The van der Waals surface area contributed by atoms with Gasteiger partial charge in [0.1, 0.15) is 0 Å². The first-order chi connectivity index (χ1) is 13.4. The highest BCUT2D eigenvalue weighted by atomic mass is 19.4. The number of likely N-dealkylation sites (tertiary alicyclic amines) is 2. The quantitative estimate of drug-likeness (QED) is 0.800. The fourth-order valence-corrected chi connectivity index (χ4v) is 4.37. The molecule has 0 spiro atoms. The van der Waals surface area contributed by atoms with E-state index in [2.05, 4.69) is 9.88 Å². The van der Waals surface area contributed by atoms with Crippen LogP contribution < -0.4 is 0 Å². The van der Waals surface area contributed by atoms with Crippen molar-refractivity contribution in [2.45, 2.75) is 31.6 Å².